The number of allylic oxidation sites excluding steroid dienone is 1. The van der Waals surface area contributed by atoms with Gasteiger partial charge in [0, 0.05) is 113 Å². The molecule has 1 unspecified atom stereocenters. The molecule has 1 saturated heterocycles. The van der Waals surface area contributed by atoms with Crippen molar-refractivity contribution in [3.05, 3.63) is 259 Å². The van der Waals surface area contributed by atoms with Crippen LogP contribution in [0, 0.1) is 11.8 Å². The number of aromatic nitrogens is 2. The summed E-state index contributed by atoms with van der Waals surface area (Å²) in [7, 11) is -1.20. The first kappa shape index (κ1) is 82.9. The molecule has 4 heterocycles. The Bertz CT molecular complexity index is 5870. The Hall–Kier alpha value is -11.5. The number of phenols is 1. The van der Waals surface area contributed by atoms with Crippen molar-refractivity contribution in [3.8, 4) is 45.8 Å². The van der Waals surface area contributed by atoms with Crippen LogP contribution in [0.5, 0.6) is 11.5 Å². The third-order valence-corrected chi connectivity index (χ3v) is 29.4. The fourth-order valence-corrected chi connectivity index (χ4v) is 18.0. The number of benzene rings is 7. The van der Waals surface area contributed by atoms with Gasteiger partial charge in [-0.25, -0.2) is 9.59 Å². The van der Waals surface area contributed by atoms with Crippen LogP contribution in [-0.2, 0) is 72.7 Å². The first-order chi connectivity index (χ1) is 55.0. The quantitative estimate of drug-likeness (QED) is 0.00499. The summed E-state index contributed by atoms with van der Waals surface area (Å²) >= 11 is 14.2. The van der Waals surface area contributed by atoms with Crippen LogP contribution in [0.15, 0.2) is 176 Å². The van der Waals surface area contributed by atoms with Crippen LogP contribution in [0.4, 0.5) is 11.4 Å². The number of nitrogens with zero attached hydrogens (tertiary/aromatic N) is 3. The normalized spacial score (nSPS) is 15.3. The fourth-order valence-electron chi connectivity index (χ4n) is 13.0. The molecule has 2 aliphatic carbocycles. The number of halogens is 2. The summed E-state index contributed by atoms with van der Waals surface area (Å²) in [6.45, 7) is -7.76. The van der Waals surface area contributed by atoms with E-state index in [0.29, 0.717) is 45.0 Å². The number of ether oxygens (including phenoxy) is 3. The predicted octanol–water partition coefficient (Wildman–Crippen LogP) is 12.0. The van der Waals surface area contributed by atoms with Gasteiger partial charge in [0.1, 0.15) is 28.6 Å². The summed E-state index contributed by atoms with van der Waals surface area (Å²) < 4.78 is 85.3. The molecular weight excluding hydrogens is 1600 g/mol. The van der Waals surface area contributed by atoms with Gasteiger partial charge in [-0.05, 0) is 122 Å². The number of hydrogen-bond donors (Lipinski definition) is 10. The molecule has 3 amide bonds. The van der Waals surface area contributed by atoms with Gasteiger partial charge in [0.2, 0.25) is 0 Å². The number of fused-ring (bicyclic) bond motifs is 4. The van der Waals surface area contributed by atoms with Gasteiger partial charge >= 0.3 is 185 Å². The van der Waals surface area contributed by atoms with E-state index in [-0.39, 0.29) is 158 Å². The number of aromatic hydroxyl groups is 1. The van der Waals surface area contributed by atoms with E-state index < -0.39 is 86.7 Å². The van der Waals surface area contributed by atoms with Gasteiger partial charge in [-0.15, -0.1) is 0 Å². The molecule has 1 aromatic heterocycles. The largest absolute Gasteiger partial charge is 0.478 e. The molecule has 0 saturated carbocycles. The number of carboxylic acids is 2. The Labute approximate surface area is 662 Å². The van der Waals surface area contributed by atoms with Crippen LogP contribution in [0.1, 0.15) is 104 Å². The topological polar surface area (TPSA) is 459 Å². The third-order valence-electron chi connectivity index (χ3n) is 19.0. The second-order valence-electron chi connectivity index (χ2n) is 26.6. The maximum absolute atomic E-state index is 14.0. The molecule has 10 N–H and O–H groups in total. The van der Waals surface area contributed by atoms with Crippen molar-refractivity contribution in [2.45, 2.75) is 57.3 Å². The van der Waals surface area contributed by atoms with E-state index in [1.165, 1.54) is 72.9 Å². The molecule has 12 rings (SSSR count). The molecule has 5 aliphatic rings. The van der Waals surface area contributed by atoms with Crippen LogP contribution < -0.4 is 47.6 Å². The molecule has 115 heavy (non-hydrogen) atoms. The number of rotatable bonds is 30. The van der Waals surface area contributed by atoms with Crippen LogP contribution in [0.3, 0.4) is 0 Å². The molecule has 0 radical (unpaired) electrons. The smallest absolute Gasteiger partial charge is 0.337 e. The first-order valence-electron chi connectivity index (χ1n) is 34.8. The Morgan fingerprint density at radius 1 is 0.739 bits per heavy atom. The Morgan fingerprint density at radius 3 is 2.09 bits per heavy atom. The van der Waals surface area contributed by atoms with E-state index in [1.54, 1.807) is 36.4 Å². The summed E-state index contributed by atoms with van der Waals surface area (Å²) in [5.74, 6) is 1.85. The van der Waals surface area contributed by atoms with E-state index in [0.717, 1.165) is 10.3 Å². The predicted molar refractivity (Wildman–Crippen MR) is 418 cm³/mol. The second kappa shape index (κ2) is 35.1. The zero-order chi connectivity index (χ0) is 82.3. The van der Waals surface area contributed by atoms with Crippen LogP contribution in [0.25, 0.3) is 39.0 Å². The van der Waals surface area contributed by atoms with Gasteiger partial charge in [0.05, 0.1) is 45.6 Å². The number of H-pyrrole nitrogens is 1. The minimum Gasteiger partial charge on any atom is -0.478 e. The summed E-state index contributed by atoms with van der Waals surface area (Å²) in [6, 6.07) is 30.5. The van der Waals surface area contributed by atoms with Gasteiger partial charge in [-0.2, -0.15) is 0 Å². The summed E-state index contributed by atoms with van der Waals surface area (Å²) in [5.41, 5.74) is 2.92. The monoisotopic (exact) mass is 1670 g/mol. The van der Waals surface area contributed by atoms with E-state index >= 15 is 0 Å². The van der Waals surface area contributed by atoms with E-state index in [9.17, 15) is 77.2 Å². The maximum atomic E-state index is 14.0. The molecule has 1 fully saturated rings. The maximum Gasteiger partial charge on any atom is 0.337 e. The van der Waals surface area contributed by atoms with Crippen molar-refractivity contribution in [3.63, 3.8) is 0 Å². The molecule has 33 nitrogen and oxygen atoms in total. The molecule has 0 bridgehead atoms. The number of amides is 3. The minimum absolute atomic E-state index is 0.00459. The fraction of sp³-hybridized carbons (Fsp3) is 0.221. The number of nitrogens with one attached hydrogen (secondary N) is 5. The molecular formula is C77H69Cl2N8O25P3. The second-order valence-corrected chi connectivity index (χ2v) is 37.6. The van der Waals surface area contributed by atoms with Crippen molar-refractivity contribution in [1.29, 1.82) is 0 Å². The Morgan fingerprint density at radius 2 is 1.42 bits per heavy atom. The molecule has 3 atom stereocenters. The third kappa shape index (κ3) is 17.3. The van der Waals surface area contributed by atoms with E-state index in [4.69, 9.17) is 51.6 Å². The number of carbonyl (C=O) groups is 5. The zero-order valence-corrected chi connectivity index (χ0v) is 65.2. The van der Waals surface area contributed by atoms with Crippen LogP contribution in [0.2, 0.25) is 10.0 Å². The number of carbonyl (C=O) groups excluding carboxylic acids is 3. The van der Waals surface area contributed by atoms with Gasteiger partial charge in [-0.3, -0.25) is 24.1 Å². The minimum atomic E-state index is -6.57. The molecule has 3 aliphatic heterocycles. The average Bonchev–Trinajstić information content (AvgIpc) is 0.950. The zero-order valence-electron chi connectivity index (χ0n) is 61.0. The van der Waals surface area contributed by atoms with Crippen LogP contribution in [-0.4, -0.2) is 137 Å². The average molecular weight is 1670 g/mol. The standard InChI is InChI=1S/C77H69Cl2N8O25P3/c1-85(2)47-17-22-53-61(32-47)108-62-33-48(86(3)4)18-23-54(62)66(53)68-67(76(96)97)58(78)35-59(69(68)79)81-36-41-8-14-44(15-9-41)72(91)83-38-57-60(89)26-25-55-65(52-24-19-49(88)34-63(52)109-70(55)57)56-31-45(16-21-51(56)75(94)95)73(92)82-37-42-10-12-43(13-11-42)71(90)80-28-30-105-29-6-5-7-46-39-87(77(98)84-74(46)93)64-27-20-50(107-64)40-106-115(111-100,112-110-99,113(101)102)114(103)104/h8-19,21-26,31-35,39,47,50,64,81,89,99-100H,7,20,27-30,36-38,40H2,1-4H3,(H,80,90)(H,82,92)(H,83,91)(H,94,95)(H,96,97)(H,84,93,98)/t47?,50-,64+/m0/s1. The Balaban J connectivity index is 0.665. The summed E-state index contributed by atoms with van der Waals surface area (Å²) in [6.07, 6.45) is 4.70. The van der Waals surface area contributed by atoms with Crippen molar-refractivity contribution in [2.24, 2.45) is 0 Å². The number of hydrogen-bond acceptors (Lipinski definition) is 26. The number of carboxylic acid groups (broad SMARTS) is 2. The van der Waals surface area contributed by atoms with Crippen molar-refractivity contribution in [2.75, 3.05) is 64.8 Å². The first-order valence-corrected chi connectivity index (χ1v) is 41.3. The van der Waals surface area contributed by atoms with Gasteiger partial charge in [-0.1, -0.05) is 59.6 Å². The number of anilines is 2. The van der Waals surface area contributed by atoms with Gasteiger partial charge < -0.3 is 55.4 Å². The van der Waals surface area contributed by atoms with Crippen molar-refractivity contribution in [1.82, 2.24) is 30.4 Å². The molecule has 596 valence electrons. The number of aromatic amines is 1. The number of likely N-dealkylation sites (N-methyl/N-ethyl adjacent to an activating group) is 1. The SMILES string of the molecule is CN(C)c1ccc2c(c1)OC1=CC(N(C)C)C=CC1=C2c1c(Cl)c(NCc2ccc(C(=O)NCc3c(O)ccc4c(-c5cc(C(=O)NCc6ccc(C(=O)NCCOCC#CCc7cn([C@H]8CC[C@@H](COP(OO)(OOO)(P(=O)=O)P(=O)=O)O8)c(=O)[nH]c7=O)cc6)ccc5C(=O)O)c5ccc(=O)cc-5oc34)cc2)cc(Cl)c1C(=O)O. The van der Waals surface area contributed by atoms with Crippen molar-refractivity contribution < 1.29 is 106 Å². The van der Waals surface area contributed by atoms with E-state index in [1.807, 2.05) is 74.4 Å². The molecule has 0 spiro atoms. The summed E-state index contributed by atoms with van der Waals surface area (Å²) in [4.78, 5) is 112. The molecule has 7 aromatic rings. The van der Waals surface area contributed by atoms with Crippen LogP contribution >= 0.6 is 44.6 Å². The van der Waals surface area contributed by atoms with Gasteiger partial charge in [0.25, 0.3) is 17.7 Å². The molecule has 38 heteroatoms. The van der Waals surface area contributed by atoms with E-state index in [2.05, 4.69) is 52.5 Å². The van der Waals surface area contributed by atoms with Gasteiger partial charge in [0.15, 0.2) is 5.43 Å². The van der Waals surface area contributed by atoms with Crippen molar-refractivity contribution >= 4 is 102 Å². The summed E-state index contributed by atoms with van der Waals surface area (Å²) in [5, 5.41) is 65.9. The number of aromatic carboxylic acids is 2. The Kier molecular flexibility index (Phi) is 25.3. The molecule has 6 aromatic carbocycles. The number of phenolic OH excluding ortho intramolecular Hbond substituents is 1.